The molecule has 0 saturated carbocycles. The lowest BCUT2D eigenvalue weighted by molar-refractivity contribution is 0.286. The number of benzene rings is 1. The van der Waals surface area contributed by atoms with Gasteiger partial charge in [-0.15, -0.1) is 0 Å². The Morgan fingerprint density at radius 2 is 2.06 bits per heavy atom. The maximum Gasteiger partial charge on any atom is 0.0599 e. The highest BCUT2D eigenvalue weighted by atomic mass is 16.2. The summed E-state index contributed by atoms with van der Waals surface area (Å²) in [4.78, 5) is 0. The van der Waals surface area contributed by atoms with E-state index in [2.05, 4.69) is 47.4 Å². The molecule has 0 spiro atoms. The van der Waals surface area contributed by atoms with E-state index in [1.807, 2.05) is 0 Å². The van der Waals surface area contributed by atoms with Crippen LogP contribution in [0.4, 0.5) is 5.69 Å². The Morgan fingerprint density at radius 3 is 2.88 bits per heavy atom. The van der Waals surface area contributed by atoms with Crippen LogP contribution in [0.5, 0.6) is 0 Å². The second kappa shape index (κ2) is 5.03. The second-order valence-corrected chi connectivity index (χ2v) is 4.03. The maximum absolute atomic E-state index is 8.71. The summed E-state index contributed by atoms with van der Waals surface area (Å²) in [5.74, 6) is 0. The zero-order valence-electron chi connectivity index (χ0n) is 9.61. The van der Waals surface area contributed by atoms with Gasteiger partial charge in [-0.25, -0.2) is 0 Å². The van der Waals surface area contributed by atoms with E-state index in [9.17, 15) is 0 Å². The van der Waals surface area contributed by atoms with E-state index in [0.717, 1.165) is 19.4 Å². The van der Waals surface area contributed by atoms with Crippen molar-refractivity contribution in [2.24, 2.45) is 7.05 Å². The van der Waals surface area contributed by atoms with Crippen LogP contribution in [0, 0.1) is 0 Å². The topological polar surface area (TPSA) is 37.2 Å². The number of aliphatic hydroxyl groups excluding tert-OH is 1. The number of nitrogens with one attached hydrogen (secondary N) is 1. The molecule has 1 heterocycles. The molecule has 0 saturated heterocycles. The van der Waals surface area contributed by atoms with E-state index in [0.29, 0.717) is 0 Å². The first-order valence-corrected chi connectivity index (χ1v) is 5.71. The molecule has 1 aromatic carbocycles. The number of hydrogen-bond acceptors (Lipinski definition) is 2. The van der Waals surface area contributed by atoms with Crippen molar-refractivity contribution in [1.82, 2.24) is 4.57 Å². The molecule has 1 aromatic heterocycles. The SMILES string of the molecule is Cn1cc(NCCCCO)c2ccccc21. The third-order valence-electron chi connectivity index (χ3n) is 2.80. The van der Waals surface area contributed by atoms with Crippen LogP contribution in [0.25, 0.3) is 10.9 Å². The molecule has 3 nitrogen and oxygen atoms in total. The van der Waals surface area contributed by atoms with Gasteiger partial charge in [-0.05, 0) is 18.9 Å². The monoisotopic (exact) mass is 218 g/mol. The molecular weight excluding hydrogens is 200 g/mol. The number of hydrogen-bond donors (Lipinski definition) is 2. The average molecular weight is 218 g/mol. The number of fused-ring (bicyclic) bond motifs is 1. The molecule has 0 radical (unpaired) electrons. The van der Waals surface area contributed by atoms with Gasteiger partial charge in [0.1, 0.15) is 0 Å². The maximum atomic E-state index is 8.71. The zero-order valence-corrected chi connectivity index (χ0v) is 9.61. The summed E-state index contributed by atoms with van der Waals surface area (Å²) in [7, 11) is 2.06. The van der Waals surface area contributed by atoms with Crippen LogP contribution in [-0.4, -0.2) is 22.8 Å². The molecule has 0 atom stereocenters. The minimum absolute atomic E-state index is 0.275. The fourth-order valence-electron chi connectivity index (χ4n) is 1.94. The minimum atomic E-state index is 0.275. The molecule has 3 heteroatoms. The zero-order chi connectivity index (χ0) is 11.4. The number of aliphatic hydroxyl groups is 1. The van der Waals surface area contributed by atoms with Crippen LogP contribution >= 0.6 is 0 Å². The molecule has 0 aliphatic heterocycles. The number of aromatic nitrogens is 1. The van der Waals surface area contributed by atoms with Gasteiger partial charge in [0.15, 0.2) is 0 Å². The van der Waals surface area contributed by atoms with Gasteiger partial charge >= 0.3 is 0 Å². The quantitative estimate of drug-likeness (QED) is 0.756. The number of rotatable bonds is 5. The lowest BCUT2D eigenvalue weighted by Crippen LogP contribution is -2.01. The molecule has 2 aromatic rings. The predicted octanol–water partition coefficient (Wildman–Crippen LogP) is 2.36. The van der Waals surface area contributed by atoms with Crippen LogP contribution < -0.4 is 5.32 Å². The van der Waals surface area contributed by atoms with Crippen LogP contribution in [0.3, 0.4) is 0 Å². The van der Waals surface area contributed by atoms with E-state index in [1.165, 1.54) is 16.6 Å². The highest BCUT2D eigenvalue weighted by Crippen LogP contribution is 2.24. The molecule has 0 fully saturated rings. The summed E-state index contributed by atoms with van der Waals surface area (Å²) in [6.45, 7) is 1.19. The van der Waals surface area contributed by atoms with E-state index in [4.69, 9.17) is 5.11 Å². The molecule has 2 rings (SSSR count). The van der Waals surface area contributed by atoms with Gasteiger partial charge in [-0.2, -0.15) is 0 Å². The van der Waals surface area contributed by atoms with Crippen molar-refractivity contribution >= 4 is 16.6 Å². The molecule has 0 unspecified atom stereocenters. The van der Waals surface area contributed by atoms with Crippen molar-refractivity contribution in [1.29, 1.82) is 0 Å². The standard InChI is InChI=1S/C13H18N2O/c1-15-10-12(14-8-4-5-9-16)11-6-2-3-7-13(11)15/h2-3,6-7,10,14,16H,4-5,8-9H2,1H3. The summed E-state index contributed by atoms with van der Waals surface area (Å²) in [6.07, 6.45) is 3.97. The van der Waals surface area contributed by atoms with E-state index < -0.39 is 0 Å². The Bertz CT molecular complexity index is 462. The van der Waals surface area contributed by atoms with Gasteiger partial charge in [0, 0.05) is 37.3 Å². The first-order chi connectivity index (χ1) is 7.83. The van der Waals surface area contributed by atoms with Crippen LogP contribution in [0.1, 0.15) is 12.8 Å². The first-order valence-electron chi connectivity index (χ1n) is 5.71. The fourth-order valence-corrected chi connectivity index (χ4v) is 1.94. The number of aryl methyl sites for hydroxylation is 1. The number of unbranched alkanes of at least 4 members (excludes halogenated alkanes) is 1. The molecule has 0 bridgehead atoms. The van der Waals surface area contributed by atoms with E-state index in [1.54, 1.807) is 0 Å². The lowest BCUT2D eigenvalue weighted by Gasteiger charge is -2.03. The van der Waals surface area contributed by atoms with Gasteiger partial charge in [0.25, 0.3) is 0 Å². The van der Waals surface area contributed by atoms with Crippen LogP contribution in [-0.2, 0) is 7.05 Å². The Hall–Kier alpha value is -1.48. The van der Waals surface area contributed by atoms with Crippen molar-refractivity contribution < 1.29 is 5.11 Å². The molecule has 0 aliphatic rings. The Labute approximate surface area is 95.7 Å². The highest BCUT2D eigenvalue weighted by Gasteiger charge is 2.04. The number of anilines is 1. The summed E-state index contributed by atoms with van der Waals surface area (Å²) in [6, 6.07) is 8.36. The molecule has 0 aliphatic carbocycles. The average Bonchev–Trinajstić information content (AvgIpc) is 2.63. The largest absolute Gasteiger partial charge is 0.396 e. The summed E-state index contributed by atoms with van der Waals surface area (Å²) < 4.78 is 2.13. The predicted molar refractivity (Wildman–Crippen MR) is 67.7 cm³/mol. The van der Waals surface area contributed by atoms with Gasteiger partial charge in [-0.3, -0.25) is 0 Å². The fraction of sp³-hybridized carbons (Fsp3) is 0.385. The van der Waals surface area contributed by atoms with Crippen molar-refractivity contribution in [3.8, 4) is 0 Å². The first kappa shape index (κ1) is 11.0. The smallest absolute Gasteiger partial charge is 0.0599 e. The molecule has 2 N–H and O–H groups in total. The third-order valence-corrected chi connectivity index (χ3v) is 2.80. The molecule has 0 amide bonds. The Morgan fingerprint density at radius 1 is 1.25 bits per heavy atom. The minimum Gasteiger partial charge on any atom is -0.396 e. The summed E-state index contributed by atoms with van der Waals surface area (Å²) >= 11 is 0. The highest BCUT2D eigenvalue weighted by molar-refractivity contribution is 5.92. The van der Waals surface area contributed by atoms with Crippen molar-refractivity contribution in [2.45, 2.75) is 12.8 Å². The second-order valence-electron chi connectivity index (χ2n) is 4.03. The van der Waals surface area contributed by atoms with Gasteiger partial charge in [0.05, 0.1) is 5.69 Å². The van der Waals surface area contributed by atoms with E-state index in [-0.39, 0.29) is 6.61 Å². The van der Waals surface area contributed by atoms with Crippen molar-refractivity contribution in [3.63, 3.8) is 0 Å². The van der Waals surface area contributed by atoms with Crippen LogP contribution in [0.2, 0.25) is 0 Å². The van der Waals surface area contributed by atoms with Gasteiger partial charge < -0.3 is 15.0 Å². The lowest BCUT2D eigenvalue weighted by atomic mass is 10.2. The molecule has 16 heavy (non-hydrogen) atoms. The Kier molecular flexibility index (Phi) is 3.47. The Balaban J connectivity index is 2.12. The third kappa shape index (κ3) is 2.19. The number of nitrogens with zero attached hydrogens (tertiary/aromatic N) is 1. The summed E-state index contributed by atoms with van der Waals surface area (Å²) in [5.41, 5.74) is 2.42. The normalized spacial score (nSPS) is 10.9. The number of para-hydroxylation sites is 1. The summed E-state index contributed by atoms with van der Waals surface area (Å²) in [5, 5.41) is 13.4. The molecule has 86 valence electrons. The molecular formula is C13H18N2O. The van der Waals surface area contributed by atoms with Gasteiger partial charge in [-0.1, -0.05) is 18.2 Å². The van der Waals surface area contributed by atoms with Crippen molar-refractivity contribution in [2.75, 3.05) is 18.5 Å². The van der Waals surface area contributed by atoms with E-state index >= 15 is 0 Å². The van der Waals surface area contributed by atoms with Gasteiger partial charge in [0.2, 0.25) is 0 Å². The van der Waals surface area contributed by atoms with Crippen LogP contribution in [0.15, 0.2) is 30.5 Å². The van der Waals surface area contributed by atoms with Crippen molar-refractivity contribution in [3.05, 3.63) is 30.5 Å².